The first kappa shape index (κ1) is 29.0. The Bertz CT molecular complexity index is 1580. The SMILES string of the molecule is CCCCOc1ccc(-c2nn(-c3ccccc3)cc2/C=C2/C(=O)N(CCOC(C)=O)C(=O)C(C#N)=C2C)c(C)c1. The van der Waals surface area contributed by atoms with Gasteiger partial charge in [0.15, 0.2) is 0 Å². The fourth-order valence-corrected chi connectivity index (χ4v) is 4.51. The summed E-state index contributed by atoms with van der Waals surface area (Å²) in [4.78, 5) is 38.7. The molecule has 0 radical (unpaired) electrons. The van der Waals surface area contributed by atoms with Gasteiger partial charge in [-0.25, -0.2) is 4.68 Å². The van der Waals surface area contributed by atoms with Gasteiger partial charge in [-0.3, -0.25) is 19.3 Å². The van der Waals surface area contributed by atoms with Crippen LogP contribution in [-0.4, -0.2) is 52.2 Å². The van der Waals surface area contributed by atoms with Crippen LogP contribution in [0.5, 0.6) is 5.75 Å². The monoisotopic (exact) mass is 552 g/mol. The van der Waals surface area contributed by atoms with Gasteiger partial charge in [-0.1, -0.05) is 31.5 Å². The van der Waals surface area contributed by atoms with E-state index in [0.29, 0.717) is 17.9 Å². The minimum atomic E-state index is -0.714. The molecule has 0 saturated carbocycles. The Hall–Kier alpha value is -4.97. The number of hydrogen-bond acceptors (Lipinski definition) is 7. The number of para-hydroxylation sites is 1. The average molecular weight is 553 g/mol. The van der Waals surface area contributed by atoms with E-state index in [1.807, 2.05) is 67.7 Å². The third-order valence-electron chi connectivity index (χ3n) is 6.73. The molecule has 0 fully saturated rings. The smallest absolute Gasteiger partial charge is 0.302 e. The molecular weight excluding hydrogens is 520 g/mol. The maximum atomic E-state index is 13.6. The fraction of sp³-hybridized carbons (Fsp3) is 0.281. The maximum Gasteiger partial charge on any atom is 0.302 e. The lowest BCUT2D eigenvalue weighted by Gasteiger charge is -2.27. The second kappa shape index (κ2) is 12.9. The lowest BCUT2D eigenvalue weighted by molar-refractivity contribution is -0.147. The number of aryl methyl sites for hydroxylation is 1. The largest absolute Gasteiger partial charge is 0.494 e. The van der Waals surface area contributed by atoms with Gasteiger partial charge in [-0.2, -0.15) is 10.4 Å². The first-order valence-corrected chi connectivity index (χ1v) is 13.5. The molecular formula is C32H32N4O5. The molecule has 0 aliphatic carbocycles. The van der Waals surface area contributed by atoms with Crippen LogP contribution in [0.15, 0.2) is 71.4 Å². The van der Waals surface area contributed by atoms with Crippen molar-refractivity contribution in [1.29, 1.82) is 5.26 Å². The molecule has 9 nitrogen and oxygen atoms in total. The summed E-state index contributed by atoms with van der Waals surface area (Å²) in [6.07, 6.45) is 5.48. The van der Waals surface area contributed by atoms with E-state index in [0.717, 1.165) is 40.3 Å². The molecule has 2 heterocycles. The topological polar surface area (TPSA) is 115 Å². The third-order valence-corrected chi connectivity index (χ3v) is 6.73. The Morgan fingerprint density at radius 1 is 1.07 bits per heavy atom. The number of benzene rings is 2. The molecule has 210 valence electrons. The standard InChI is InChI=1S/C32H32N4O5/c1-5-6-15-41-26-12-13-27(21(2)17-26)30-24(20-36(34-30)25-10-8-7-9-11-25)18-28-22(3)29(19-33)32(39)35(31(28)38)14-16-40-23(4)37/h7-13,17-18,20H,5-6,14-16H2,1-4H3/b28-18+. The summed E-state index contributed by atoms with van der Waals surface area (Å²) in [5, 5.41) is 14.6. The highest BCUT2D eigenvalue weighted by Crippen LogP contribution is 2.33. The van der Waals surface area contributed by atoms with Gasteiger partial charge in [0.1, 0.15) is 29.7 Å². The molecule has 0 bridgehead atoms. The molecule has 4 rings (SSSR count). The van der Waals surface area contributed by atoms with Crippen LogP contribution >= 0.6 is 0 Å². The van der Waals surface area contributed by atoms with Crippen LogP contribution in [0.4, 0.5) is 0 Å². The van der Waals surface area contributed by atoms with Crippen LogP contribution in [0.1, 0.15) is 44.7 Å². The van der Waals surface area contributed by atoms with E-state index in [4.69, 9.17) is 14.6 Å². The zero-order valence-electron chi connectivity index (χ0n) is 23.6. The molecule has 9 heteroatoms. The van der Waals surface area contributed by atoms with Crippen LogP contribution in [0.3, 0.4) is 0 Å². The number of nitriles is 1. The van der Waals surface area contributed by atoms with Gasteiger partial charge in [0.05, 0.1) is 18.8 Å². The minimum Gasteiger partial charge on any atom is -0.494 e. The quantitative estimate of drug-likeness (QED) is 0.147. The number of amides is 2. The summed E-state index contributed by atoms with van der Waals surface area (Å²) in [5.41, 5.74) is 4.20. The zero-order valence-corrected chi connectivity index (χ0v) is 23.6. The predicted octanol–water partition coefficient (Wildman–Crippen LogP) is 5.18. The Morgan fingerprint density at radius 2 is 1.83 bits per heavy atom. The summed E-state index contributed by atoms with van der Waals surface area (Å²) in [7, 11) is 0. The van der Waals surface area contributed by atoms with Crippen LogP contribution in [0, 0.1) is 18.3 Å². The van der Waals surface area contributed by atoms with Gasteiger partial charge >= 0.3 is 5.97 Å². The van der Waals surface area contributed by atoms with Crippen LogP contribution in [-0.2, 0) is 19.1 Å². The Kier molecular flexibility index (Phi) is 9.15. The first-order chi connectivity index (χ1) is 19.7. The van der Waals surface area contributed by atoms with Crippen molar-refractivity contribution in [1.82, 2.24) is 14.7 Å². The number of carbonyl (C=O) groups is 3. The van der Waals surface area contributed by atoms with E-state index in [-0.39, 0.29) is 29.9 Å². The van der Waals surface area contributed by atoms with Crippen molar-refractivity contribution in [2.75, 3.05) is 19.8 Å². The second-order valence-electron chi connectivity index (χ2n) is 9.66. The van der Waals surface area contributed by atoms with Crippen molar-refractivity contribution in [3.8, 4) is 28.8 Å². The van der Waals surface area contributed by atoms with Crippen LogP contribution in [0.25, 0.3) is 23.0 Å². The van der Waals surface area contributed by atoms with Gasteiger partial charge in [-0.15, -0.1) is 0 Å². The highest BCUT2D eigenvalue weighted by Gasteiger charge is 2.35. The predicted molar refractivity (Wildman–Crippen MR) is 154 cm³/mol. The number of aromatic nitrogens is 2. The summed E-state index contributed by atoms with van der Waals surface area (Å²) in [6.45, 7) is 7.21. The first-order valence-electron chi connectivity index (χ1n) is 13.5. The Labute approximate surface area is 239 Å². The van der Waals surface area contributed by atoms with Crippen LogP contribution in [0.2, 0.25) is 0 Å². The summed E-state index contributed by atoms with van der Waals surface area (Å²) in [5.74, 6) is -1.05. The summed E-state index contributed by atoms with van der Waals surface area (Å²) >= 11 is 0. The number of imide groups is 1. The molecule has 1 aliphatic rings. The van der Waals surface area contributed by atoms with Crippen molar-refractivity contribution in [3.63, 3.8) is 0 Å². The molecule has 1 aromatic heterocycles. The van der Waals surface area contributed by atoms with Crippen molar-refractivity contribution in [3.05, 3.63) is 82.6 Å². The van der Waals surface area contributed by atoms with Crippen molar-refractivity contribution >= 4 is 23.9 Å². The Morgan fingerprint density at radius 3 is 2.49 bits per heavy atom. The molecule has 0 unspecified atom stereocenters. The van der Waals surface area contributed by atoms with Crippen molar-refractivity contribution < 1.29 is 23.9 Å². The lowest BCUT2D eigenvalue weighted by Crippen LogP contribution is -2.44. The number of ether oxygens (including phenoxy) is 2. The third kappa shape index (κ3) is 6.44. The Balaban J connectivity index is 1.82. The number of unbranched alkanes of at least 4 members (excludes halogenated alkanes) is 1. The number of rotatable bonds is 10. The van der Waals surface area contributed by atoms with E-state index >= 15 is 0 Å². The molecule has 0 saturated heterocycles. The van der Waals surface area contributed by atoms with E-state index in [9.17, 15) is 19.6 Å². The number of esters is 1. The molecule has 0 N–H and O–H groups in total. The van der Waals surface area contributed by atoms with Gasteiger partial charge in [0.25, 0.3) is 11.8 Å². The number of carbonyl (C=O) groups excluding carboxylic acids is 3. The van der Waals surface area contributed by atoms with Crippen LogP contribution < -0.4 is 4.74 Å². The lowest BCUT2D eigenvalue weighted by atomic mass is 9.93. The van der Waals surface area contributed by atoms with Gasteiger partial charge in [-0.05, 0) is 67.8 Å². The number of nitrogens with zero attached hydrogens (tertiary/aromatic N) is 4. The van der Waals surface area contributed by atoms with E-state index in [2.05, 4.69) is 6.92 Å². The van der Waals surface area contributed by atoms with Gasteiger partial charge in [0.2, 0.25) is 0 Å². The molecule has 3 aromatic rings. The molecule has 41 heavy (non-hydrogen) atoms. The molecule has 2 aromatic carbocycles. The molecule has 2 amide bonds. The van der Waals surface area contributed by atoms with Crippen molar-refractivity contribution in [2.24, 2.45) is 0 Å². The summed E-state index contributed by atoms with van der Waals surface area (Å²) < 4.78 is 12.6. The number of hydrogen-bond donors (Lipinski definition) is 0. The molecule has 0 atom stereocenters. The molecule has 1 aliphatic heterocycles. The second-order valence-corrected chi connectivity index (χ2v) is 9.66. The average Bonchev–Trinajstić information content (AvgIpc) is 3.37. The normalized spacial score (nSPS) is 14.4. The minimum absolute atomic E-state index is 0.138. The van der Waals surface area contributed by atoms with E-state index in [1.54, 1.807) is 17.7 Å². The van der Waals surface area contributed by atoms with E-state index < -0.39 is 17.8 Å². The van der Waals surface area contributed by atoms with Gasteiger partial charge in [0, 0.05) is 29.8 Å². The van der Waals surface area contributed by atoms with Gasteiger partial charge < -0.3 is 9.47 Å². The summed E-state index contributed by atoms with van der Waals surface area (Å²) in [6, 6.07) is 17.3. The van der Waals surface area contributed by atoms with E-state index in [1.165, 1.54) is 6.92 Å². The molecule has 0 spiro atoms. The highest BCUT2D eigenvalue weighted by atomic mass is 16.5. The fourth-order valence-electron chi connectivity index (χ4n) is 4.51. The van der Waals surface area contributed by atoms with Crippen molar-refractivity contribution in [2.45, 2.75) is 40.5 Å². The maximum absolute atomic E-state index is 13.6. The zero-order chi connectivity index (χ0) is 29.5. The highest BCUT2D eigenvalue weighted by molar-refractivity contribution is 6.19.